The lowest BCUT2D eigenvalue weighted by atomic mass is 9.96. The Morgan fingerprint density at radius 2 is 1.69 bits per heavy atom. The van der Waals surface area contributed by atoms with Crippen molar-refractivity contribution in [1.82, 2.24) is 24.6 Å². The van der Waals surface area contributed by atoms with Gasteiger partial charge in [0.25, 0.3) is 0 Å². The van der Waals surface area contributed by atoms with Gasteiger partial charge in [0.1, 0.15) is 23.2 Å². The molecule has 2 aliphatic heterocycles. The van der Waals surface area contributed by atoms with Crippen LogP contribution in [0, 0.1) is 6.92 Å². The molecule has 0 aliphatic carbocycles. The first-order chi connectivity index (χ1) is 12.7. The molecule has 0 atom stereocenters. The molecule has 0 spiro atoms. The zero-order valence-electron chi connectivity index (χ0n) is 16.2. The smallest absolute Gasteiger partial charge is 0.146 e. The van der Waals surface area contributed by atoms with Crippen LogP contribution >= 0.6 is 0 Å². The minimum atomic E-state index is 0.525. The lowest BCUT2D eigenvalue weighted by Gasteiger charge is -2.31. The number of rotatable bonds is 5. The largest absolute Gasteiger partial charge is 0.465 e. The molecule has 0 unspecified atom stereocenters. The minimum Gasteiger partial charge on any atom is -0.465 e. The van der Waals surface area contributed by atoms with Gasteiger partial charge in [-0.3, -0.25) is 9.80 Å². The van der Waals surface area contributed by atoms with Gasteiger partial charge in [0.05, 0.1) is 13.1 Å². The van der Waals surface area contributed by atoms with E-state index in [-0.39, 0.29) is 0 Å². The molecule has 142 valence electrons. The summed E-state index contributed by atoms with van der Waals surface area (Å²) in [6.45, 7) is 8.46. The summed E-state index contributed by atoms with van der Waals surface area (Å²) in [7, 11) is 2.15. The molecule has 6 nitrogen and oxygen atoms in total. The first kappa shape index (κ1) is 17.7. The van der Waals surface area contributed by atoms with Crippen LogP contribution in [0.2, 0.25) is 0 Å². The number of likely N-dealkylation sites (tertiary alicyclic amines) is 2. The monoisotopic (exact) mass is 357 g/mol. The second-order valence-corrected chi connectivity index (χ2v) is 7.93. The van der Waals surface area contributed by atoms with Crippen molar-refractivity contribution in [3.05, 3.63) is 35.3 Å². The quantitative estimate of drug-likeness (QED) is 0.823. The number of aryl methyl sites for hydroxylation is 1. The van der Waals surface area contributed by atoms with Crippen molar-refractivity contribution in [3.8, 4) is 0 Å². The molecule has 4 rings (SSSR count). The molecule has 4 heterocycles. The molecular weight excluding hydrogens is 326 g/mol. The van der Waals surface area contributed by atoms with Gasteiger partial charge in [0.15, 0.2) is 0 Å². The highest BCUT2D eigenvalue weighted by Gasteiger charge is 2.26. The maximum atomic E-state index is 5.72. The Morgan fingerprint density at radius 1 is 0.962 bits per heavy atom. The maximum absolute atomic E-state index is 5.72. The molecule has 2 aromatic heterocycles. The van der Waals surface area contributed by atoms with E-state index in [0.29, 0.717) is 5.92 Å². The number of hydrogen-bond acceptors (Lipinski definition) is 5. The van der Waals surface area contributed by atoms with Crippen LogP contribution in [0.5, 0.6) is 0 Å². The number of piperidine rings is 2. The Morgan fingerprint density at radius 3 is 2.38 bits per heavy atom. The van der Waals surface area contributed by atoms with Crippen LogP contribution in [-0.2, 0) is 20.1 Å². The van der Waals surface area contributed by atoms with E-state index in [1.165, 1.54) is 38.2 Å². The van der Waals surface area contributed by atoms with E-state index in [4.69, 9.17) is 4.42 Å². The lowest BCUT2D eigenvalue weighted by molar-refractivity contribution is 0.186. The normalized spacial score (nSPS) is 20.7. The molecule has 26 heavy (non-hydrogen) atoms. The zero-order valence-corrected chi connectivity index (χ0v) is 16.2. The van der Waals surface area contributed by atoms with Gasteiger partial charge in [-0.25, -0.2) is 0 Å². The minimum absolute atomic E-state index is 0.525. The number of aromatic nitrogens is 3. The van der Waals surface area contributed by atoms with Gasteiger partial charge in [-0.05, 0) is 70.9 Å². The van der Waals surface area contributed by atoms with Crippen molar-refractivity contribution in [2.24, 2.45) is 7.05 Å². The highest BCUT2D eigenvalue weighted by Crippen LogP contribution is 2.28. The first-order valence-corrected chi connectivity index (χ1v) is 10.1. The predicted molar refractivity (Wildman–Crippen MR) is 101 cm³/mol. The van der Waals surface area contributed by atoms with Gasteiger partial charge < -0.3 is 8.98 Å². The fourth-order valence-electron chi connectivity index (χ4n) is 4.33. The predicted octanol–water partition coefficient (Wildman–Crippen LogP) is 3.08. The molecule has 0 bridgehead atoms. The standard InChI is InChI=1S/C20H31N5O/c1-16-6-7-18(26-16)14-25-12-8-17(9-13-25)20-22-21-19(23(20)2)15-24-10-4-3-5-11-24/h6-7,17H,3-5,8-15H2,1-2H3. The Kier molecular flexibility index (Phi) is 5.41. The van der Waals surface area contributed by atoms with E-state index < -0.39 is 0 Å². The average molecular weight is 358 g/mol. The first-order valence-electron chi connectivity index (χ1n) is 10.1. The molecule has 2 saturated heterocycles. The maximum Gasteiger partial charge on any atom is 0.146 e. The van der Waals surface area contributed by atoms with E-state index in [2.05, 4.69) is 37.7 Å². The molecule has 0 amide bonds. The zero-order chi connectivity index (χ0) is 17.9. The number of nitrogens with zero attached hydrogens (tertiary/aromatic N) is 5. The van der Waals surface area contributed by atoms with E-state index in [1.807, 2.05) is 13.0 Å². The van der Waals surface area contributed by atoms with Crippen LogP contribution in [0.1, 0.15) is 61.2 Å². The summed E-state index contributed by atoms with van der Waals surface area (Å²) >= 11 is 0. The summed E-state index contributed by atoms with van der Waals surface area (Å²) in [5, 5.41) is 9.08. The fourth-order valence-corrected chi connectivity index (χ4v) is 4.33. The van der Waals surface area contributed by atoms with Gasteiger partial charge in [0.2, 0.25) is 0 Å². The second-order valence-electron chi connectivity index (χ2n) is 7.93. The van der Waals surface area contributed by atoms with Gasteiger partial charge >= 0.3 is 0 Å². The van der Waals surface area contributed by atoms with Gasteiger partial charge in [-0.15, -0.1) is 10.2 Å². The molecule has 2 aliphatic rings. The number of hydrogen-bond donors (Lipinski definition) is 0. The third kappa shape index (κ3) is 4.01. The third-order valence-corrected chi connectivity index (χ3v) is 5.94. The van der Waals surface area contributed by atoms with Crippen molar-refractivity contribution in [3.63, 3.8) is 0 Å². The summed E-state index contributed by atoms with van der Waals surface area (Å²) in [4.78, 5) is 5.00. The molecule has 0 aromatic carbocycles. The molecule has 6 heteroatoms. The number of furan rings is 1. The summed E-state index contributed by atoms with van der Waals surface area (Å²) in [6, 6.07) is 4.14. The Balaban J connectivity index is 1.32. The summed E-state index contributed by atoms with van der Waals surface area (Å²) < 4.78 is 7.97. The van der Waals surface area contributed by atoms with Crippen molar-refractivity contribution in [2.45, 2.75) is 58.0 Å². The van der Waals surface area contributed by atoms with Crippen LogP contribution in [0.4, 0.5) is 0 Å². The highest BCUT2D eigenvalue weighted by molar-refractivity contribution is 5.07. The van der Waals surface area contributed by atoms with Crippen LogP contribution in [0.15, 0.2) is 16.5 Å². The lowest BCUT2D eigenvalue weighted by Crippen LogP contribution is -2.33. The van der Waals surface area contributed by atoms with Crippen molar-refractivity contribution in [1.29, 1.82) is 0 Å². The van der Waals surface area contributed by atoms with E-state index >= 15 is 0 Å². The SMILES string of the molecule is Cc1ccc(CN2CCC(c3nnc(CN4CCCCC4)n3C)CC2)o1. The van der Waals surface area contributed by atoms with Gasteiger partial charge in [-0.2, -0.15) is 0 Å². The van der Waals surface area contributed by atoms with Gasteiger partial charge in [-0.1, -0.05) is 6.42 Å². The highest BCUT2D eigenvalue weighted by atomic mass is 16.3. The Labute approximate surface area is 156 Å². The topological polar surface area (TPSA) is 50.3 Å². The second kappa shape index (κ2) is 7.92. The molecule has 2 aromatic rings. The Bertz CT molecular complexity index is 708. The van der Waals surface area contributed by atoms with Crippen LogP contribution in [-0.4, -0.2) is 50.7 Å². The van der Waals surface area contributed by atoms with Crippen molar-refractivity contribution < 1.29 is 4.42 Å². The van der Waals surface area contributed by atoms with Gasteiger partial charge in [0, 0.05) is 13.0 Å². The Hall–Kier alpha value is -1.66. The van der Waals surface area contributed by atoms with E-state index in [9.17, 15) is 0 Å². The average Bonchev–Trinajstić information content (AvgIpc) is 3.23. The van der Waals surface area contributed by atoms with Crippen molar-refractivity contribution in [2.75, 3.05) is 26.2 Å². The molecule has 0 radical (unpaired) electrons. The summed E-state index contributed by atoms with van der Waals surface area (Å²) in [5.41, 5.74) is 0. The summed E-state index contributed by atoms with van der Waals surface area (Å²) in [6.07, 6.45) is 6.30. The molecule has 0 saturated carbocycles. The van der Waals surface area contributed by atoms with E-state index in [0.717, 1.165) is 56.4 Å². The molecular formula is C20H31N5O. The molecule has 2 fully saturated rings. The summed E-state index contributed by atoms with van der Waals surface area (Å²) in [5.74, 6) is 4.89. The van der Waals surface area contributed by atoms with Crippen molar-refractivity contribution >= 4 is 0 Å². The fraction of sp³-hybridized carbons (Fsp3) is 0.700. The van der Waals surface area contributed by atoms with Crippen LogP contribution in [0.25, 0.3) is 0 Å². The van der Waals surface area contributed by atoms with Crippen LogP contribution < -0.4 is 0 Å². The van der Waals surface area contributed by atoms with Crippen LogP contribution in [0.3, 0.4) is 0 Å². The van der Waals surface area contributed by atoms with E-state index in [1.54, 1.807) is 0 Å². The third-order valence-electron chi connectivity index (χ3n) is 5.94. The molecule has 0 N–H and O–H groups in total.